The first-order valence-corrected chi connectivity index (χ1v) is 6.23. The van der Waals surface area contributed by atoms with Crippen LogP contribution in [0.4, 0.5) is 8.78 Å². The molecule has 2 unspecified atom stereocenters. The third-order valence-corrected chi connectivity index (χ3v) is 3.47. The molecule has 1 aliphatic carbocycles. The number of rotatable bonds is 4. The van der Waals surface area contributed by atoms with Gasteiger partial charge in [-0.05, 0) is 43.9 Å². The molecule has 2 rings (SSSR count). The number of benzene rings is 1. The number of carbonyl (C=O) groups excluding carboxylic acids is 1. The highest BCUT2D eigenvalue weighted by Gasteiger charge is 2.46. The topological polar surface area (TPSA) is 66.4 Å². The Hall–Kier alpha value is -1.98. The summed E-state index contributed by atoms with van der Waals surface area (Å²) >= 11 is 0. The number of aliphatic carboxylic acids is 1. The van der Waals surface area contributed by atoms with Crippen LogP contribution in [-0.2, 0) is 9.59 Å². The van der Waals surface area contributed by atoms with Crippen LogP contribution in [0.1, 0.15) is 31.7 Å². The maximum absolute atomic E-state index is 13.1. The van der Waals surface area contributed by atoms with Gasteiger partial charge in [-0.2, -0.15) is 0 Å². The Morgan fingerprint density at radius 1 is 1.30 bits per heavy atom. The van der Waals surface area contributed by atoms with Gasteiger partial charge in [-0.25, -0.2) is 13.6 Å². The quantitative estimate of drug-likeness (QED) is 0.888. The second-order valence-corrected chi connectivity index (χ2v) is 5.54. The summed E-state index contributed by atoms with van der Waals surface area (Å²) in [7, 11) is 0. The zero-order valence-corrected chi connectivity index (χ0v) is 11.1. The first-order valence-electron chi connectivity index (χ1n) is 6.23. The van der Waals surface area contributed by atoms with Crippen LogP contribution >= 0.6 is 0 Å². The van der Waals surface area contributed by atoms with E-state index in [1.165, 1.54) is 19.9 Å². The van der Waals surface area contributed by atoms with E-state index < -0.39 is 29.1 Å². The number of carbonyl (C=O) groups is 2. The summed E-state index contributed by atoms with van der Waals surface area (Å²) < 4.78 is 25.9. The molecule has 1 amide bonds. The van der Waals surface area contributed by atoms with E-state index in [1.807, 2.05) is 0 Å². The minimum Gasteiger partial charge on any atom is -0.480 e. The van der Waals surface area contributed by atoms with E-state index >= 15 is 0 Å². The third kappa shape index (κ3) is 2.79. The molecule has 6 heteroatoms. The van der Waals surface area contributed by atoms with Crippen molar-refractivity contribution in [3.05, 3.63) is 35.4 Å². The molecule has 0 aliphatic heterocycles. The van der Waals surface area contributed by atoms with Gasteiger partial charge in [-0.15, -0.1) is 0 Å². The maximum Gasteiger partial charge on any atom is 0.328 e. The smallest absolute Gasteiger partial charge is 0.328 e. The Morgan fingerprint density at radius 3 is 2.50 bits per heavy atom. The number of halogens is 2. The predicted molar refractivity (Wildman–Crippen MR) is 67.1 cm³/mol. The first kappa shape index (κ1) is 14.4. The van der Waals surface area contributed by atoms with Gasteiger partial charge in [0.1, 0.15) is 5.54 Å². The lowest BCUT2D eigenvalue weighted by Crippen LogP contribution is -2.50. The van der Waals surface area contributed by atoms with Crippen LogP contribution in [0.5, 0.6) is 0 Å². The molecule has 1 fully saturated rings. The normalized spacial score (nSPS) is 21.4. The minimum absolute atomic E-state index is 0.185. The van der Waals surface area contributed by atoms with E-state index in [2.05, 4.69) is 5.32 Å². The molecule has 1 aromatic carbocycles. The van der Waals surface area contributed by atoms with E-state index in [0.717, 1.165) is 12.1 Å². The van der Waals surface area contributed by atoms with Crippen molar-refractivity contribution >= 4 is 11.9 Å². The zero-order valence-electron chi connectivity index (χ0n) is 11.1. The lowest BCUT2D eigenvalue weighted by Gasteiger charge is -2.21. The van der Waals surface area contributed by atoms with Crippen LogP contribution < -0.4 is 5.32 Å². The van der Waals surface area contributed by atoms with Gasteiger partial charge in [-0.1, -0.05) is 6.07 Å². The van der Waals surface area contributed by atoms with Gasteiger partial charge in [0, 0.05) is 5.92 Å². The summed E-state index contributed by atoms with van der Waals surface area (Å²) in [5.41, 5.74) is -0.796. The van der Waals surface area contributed by atoms with Gasteiger partial charge in [0.2, 0.25) is 5.91 Å². The second kappa shape index (κ2) is 4.85. The Balaban J connectivity index is 2.02. The molecule has 0 aromatic heterocycles. The van der Waals surface area contributed by atoms with E-state index in [1.54, 1.807) is 0 Å². The molecule has 0 radical (unpaired) electrons. The maximum atomic E-state index is 13.1. The average Bonchev–Trinajstić information content (AvgIpc) is 3.12. The standard InChI is InChI=1S/C14H15F2NO3/c1-14(2,13(19)20)17-12(18)9-6-8(9)7-3-4-10(15)11(16)5-7/h3-5,8-9H,6H2,1-2H3,(H,17,18)(H,19,20). The molecule has 0 heterocycles. The molecule has 1 aromatic rings. The molecule has 1 saturated carbocycles. The highest BCUT2D eigenvalue weighted by Crippen LogP contribution is 2.47. The Labute approximate surface area is 114 Å². The SMILES string of the molecule is CC(C)(NC(=O)C1CC1c1ccc(F)c(F)c1)C(=O)O. The van der Waals surface area contributed by atoms with Gasteiger partial charge in [0.25, 0.3) is 0 Å². The van der Waals surface area contributed by atoms with Crippen LogP contribution in [0.25, 0.3) is 0 Å². The van der Waals surface area contributed by atoms with Gasteiger partial charge in [-0.3, -0.25) is 4.79 Å². The summed E-state index contributed by atoms with van der Waals surface area (Å²) in [5, 5.41) is 11.4. The number of carboxylic acids is 1. The van der Waals surface area contributed by atoms with E-state index in [-0.39, 0.29) is 11.8 Å². The molecular formula is C14H15F2NO3. The van der Waals surface area contributed by atoms with Crippen LogP contribution in [-0.4, -0.2) is 22.5 Å². The van der Waals surface area contributed by atoms with Gasteiger partial charge < -0.3 is 10.4 Å². The molecule has 0 spiro atoms. The van der Waals surface area contributed by atoms with Crippen molar-refractivity contribution in [1.29, 1.82) is 0 Å². The van der Waals surface area contributed by atoms with Gasteiger partial charge >= 0.3 is 5.97 Å². The highest BCUT2D eigenvalue weighted by atomic mass is 19.2. The third-order valence-electron chi connectivity index (χ3n) is 3.47. The van der Waals surface area contributed by atoms with E-state index in [4.69, 9.17) is 5.11 Å². The molecule has 0 saturated heterocycles. The van der Waals surface area contributed by atoms with Crippen LogP contribution in [0.2, 0.25) is 0 Å². The molecule has 4 nitrogen and oxygen atoms in total. The summed E-state index contributed by atoms with van der Waals surface area (Å²) in [4.78, 5) is 22.8. The first-order chi connectivity index (χ1) is 9.22. The summed E-state index contributed by atoms with van der Waals surface area (Å²) in [6, 6.07) is 3.55. The van der Waals surface area contributed by atoms with E-state index in [0.29, 0.717) is 12.0 Å². The Morgan fingerprint density at radius 2 is 1.95 bits per heavy atom. The lowest BCUT2D eigenvalue weighted by atomic mass is 10.0. The average molecular weight is 283 g/mol. The predicted octanol–water partition coefficient (Wildman–Crippen LogP) is 2.05. The van der Waals surface area contributed by atoms with Crippen molar-refractivity contribution in [3.63, 3.8) is 0 Å². The molecule has 108 valence electrons. The number of amides is 1. The molecule has 20 heavy (non-hydrogen) atoms. The highest BCUT2D eigenvalue weighted by molar-refractivity contribution is 5.89. The van der Waals surface area contributed by atoms with Crippen molar-refractivity contribution in [2.45, 2.75) is 31.7 Å². The fourth-order valence-corrected chi connectivity index (χ4v) is 2.05. The van der Waals surface area contributed by atoms with Gasteiger partial charge in [0.05, 0.1) is 0 Å². The molecule has 1 aliphatic rings. The molecule has 2 atom stereocenters. The fraction of sp³-hybridized carbons (Fsp3) is 0.429. The van der Waals surface area contributed by atoms with Crippen molar-refractivity contribution in [2.24, 2.45) is 5.92 Å². The number of hydrogen-bond acceptors (Lipinski definition) is 2. The molecule has 0 bridgehead atoms. The van der Waals surface area contributed by atoms with Crippen molar-refractivity contribution < 1.29 is 23.5 Å². The lowest BCUT2D eigenvalue weighted by molar-refractivity contribution is -0.146. The number of hydrogen-bond donors (Lipinski definition) is 2. The summed E-state index contributed by atoms with van der Waals surface area (Å²) in [5.74, 6) is -3.96. The number of carboxylic acid groups (broad SMARTS) is 1. The largest absolute Gasteiger partial charge is 0.480 e. The van der Waals surface area contributed by atoms with Crippen molar-refractivity contribution in [3.8, 4) is 0 Å². The Kier molecular flexibility index (Phi) is 3.50. The second-order valence-electron chi connectivity index (χ2n) is 5.54. The molecule has 2 N–H and O–H groups in total. The zero-order chi connectivity index (χ0) is 15.1. The monoisotopic (exact) mass is 283 g/mol. The van der Waals surface area contributed by atoms with Crippen LogP contribution in [0.3, 0.4) is 0 Å². The fourth-order valence-electron chi connectivity index (χ4n) is 2.05. The minimum atomic E-state index is -1.35. The Bertz CT molecular complexity index is 572. The van der Waals surface area contributed by atoms with Crippen LogP contribution in [0, 0.1) is 17.6 Å². The number of nitrogens with one attached hydrogen (secondary N) is 1. The van der Waals surface area contributed by atoms with Crippen molar-refractivity contribution in [2.75, 3.05) is 0 Å². The van der Waals surface area contributed by atoms with Gasteiger partial charge in [0.15, 0.2) is 11.6 Å². The summed E-state index contributed by atoms with van der Waals surface area (Å²) in [6.45, 7) is 2.78. The molecular weight excluding hydrogens is 268 g/mol. The van der Waals surface area contributed by atoms with E-state index in [9.17, 15) is 18.4 Å². The van der Waals surface area contributed by atoms with Crippen molar-refractivity contribution in [1.82, 2.24) is 5.32 Å². The van der Waals surface area contributed by atoms with Crippen LogP contribution in [0.15, 0.2) is 18.2 Å². The summed E-state index contributed by atoms with van der Waals surface area (Å²) in [6.07, 6.45) is 0.507.